The molecule has 1 aliphatic heterocycles. The number of rotatable bonds is 3. The van der Waals surface area contributed by atoms with Gasteiger partial charge in [-0.25, -0.2) is 0 Å². The average molecular weight is 210 g/mol. The molecule has 4 nitrogen and oxygen atoms in total. The zero-order valence-electron chi connectivity index (χ0n) is 9.11. The van der Waals surface area contributed by atoms with Crippen molar-refractivity contribution in [3.05, 3.63) is 0 Å². The molecule has 0 saturated carbocycles. The SMILES string of the molecule is C#CCC(N)C(=O)N(C)C1CCOCC1. The molecule has 0 aliphatic carbocycles. The van der Waals surface area contributed by atoms with Crippen molar-refractivity contribution in [2.24, 2.45) is 5.73 Å². The number of likely N-dealkylation sites (N-methyl/N-ethyl adjacent to an activating group) is 1. The van der Waals surface area contributed by atoms with Crippen molar-refractivity contribution in [2.75, 3.05) is 20.3 Å². The Hall–Kier alpha value is -1.05. The lowest BCUT2D eigenvalue weighted by Crippen LogP contribution is -2.48. The van der Waals surface area contributed by atoms with Crippen LogP contribution in [0.15, 0.2) is 0 Å². The Labute approximate surface area is 90.8 Å². The van der Waals surface area contributed by atoms with Gasteiger partial charge in [0.2, 0.25) is 5.91 Å². The molecule has 1 rings (SSSR count). The van der Waals surface area contributed by atoms with Crippen LogP contribution in [-0.4, -0.2) is 43.2 Å². The first-order valence-electron chi connectivity index (χ1n) is 5.20. The summed E-state index contributed by atoms with van der Waals surface area (Å²) in [7, 11) is 1.79. The maximum atomic E-state index is 11.8. The van der Waals surface area contributed by atoms with Crippen molar-refractivity contribution in [1.82, 2.24) is 4.90 Å². The summed E-state index contributed by atoms with van der Waals surface area (Å²) in [6.07, 6.45) is 7.18. The van der Waals surface area contributed by atoms with Gasteiger partial charge in [0.05, 0.1) is 6.04 Å². The highest BCUT2D eigenvalue weighted by Gasteiger charge is 2.25. The van der Waals surface area contributed by atoms with Gasteiger partial charge in [0.15, 0.2) is 0 Å². The van der Waals surface area contributed by atoms with Crippen molar-refractivity contribution in [2.45, 2.75) is 31.3 Å². The number of amides is 1. The maximum absolute atomic E-state index is 11.8. The third kappa shape index (κ3) is 3.22. The van der Waals surface area contributed by atoms with E-state index in [1.54, 1.807) is 11.9 Å². The third-order valence-corrected chi connectivity index (χ3v) is 2.74. The molecule has 0 aromatic heterocycles. The molecule has 1 saturated heterocycles. The van der Waals surface area contributed by atoms with Crippen LogP contribution in [0.1, 0.15) is 19.3 Å². The number of hydrogen-bond donors (Lipinski definition) is 1. The molecule has 15 heavy (non-hydrogen) atoms. The Morgan fingerprint density at radius 1 is 1.67 bits per heavy atom. The smallest absolute Gasteiger partial charge is 0.240 e. The molecule has 0 bridgehead atoms. The van der Waals surface area contributed by atoms with Gasteiger partial charge in [-0.05, 0) is 12.8 Å². The van der Waals surface area contributed by atoms with Crippen LogP contribution in [0.25, 0.3) is 0 Å². The van der Waals surface area contributed by atoms with E-state index >= 15 is 0 Å². The van der Waals surface area contributed by atoms with Crippen LogP contribution in [0, 0.1) is 12.3 Å². The lowest BCUT2D eigenvalue weighted by Gasteiger charge is -2.32. The molecule has 0 radical (unpaired) electrons. The van der Waals surface area contributed by atoms with E-state index in [0.717, 1.165) is 12.8 Å². The molecule has 0 aromatic rings. The summed E-state index contributed by atoms with van der Waals surface area (Å²) in [6.45, 7) is 1.43. The van der Waals surface area contributed by atoms with E-state index in [-0.39, 0.29) is 11.9 Å². The van der Waals surface area contributed by atoms with Gasteiger partial charge in [0, 0.05) is 32.7 Å². The van der Waals surface area contributed by atoms with Gasteiger partial charge in [-0.3, -0.25) is 4.79 Å². The van der Waals surface area contributed by atoms with Crippen molar-refractivity contribution < 1.29 is 9.53 Å². The van der Waals surface area contributed by atoms with Gasteiger partial charge in [-0.1, -0.05) is 0 Å². The summed E-state index contributed by atoms with van der Waals surface area (Å²) in [6, 6.07) is -0.321. The lowest BCUT2D eigenvalue weighted by molar-refractivity contribution is -0.134. The predicted molar refractivity (Wildman–Crippen MR) is 58.0 cm³/mol. The third-order valence-electron chi connectivity index (χ3n) is 2.74. The van der Waals surface area contributed by atoms with Gasteiger partial charge < -0.3 is 15.4 Å². The molecule has 1 unspecified atom stereocenters. The summed E-state index contributed by atoms with van der Waals surface area (Å²) in [4.78, 5) is 13.5. The molecular weight excluding hydrogens is 192 g/mol. The fraction of sp³-hybridized carbons (Fsp3) is 0.727. The monoisotopic (exact) mass is 210 g/mol. The highest BCUT2D eigenvalue weighted by atomic mass is 16.5. The summed E-state index contributed by atoms with van der Waals surface area (Å²) in [5.41, 5.74) is 5.67. The van der Waals surface area contributed by atoms with E-state index in [1.807, 2.05) is 0 Å². The van der Waals surface area contributed by atoms with Gasteiger partial charge in [-0.15, -0.1) is 12.3 Å². The Bertz CT molecular complexity index is 254. The van der Waals surface area contributed by atoms with E-state index in [1.165, 1.54) is 0 Å². The molecule has 1 atom stereocenters. The summed E-state index contributed by atoms with van der Waals surface area (Å²) < 4.78 is 5.24. The Balaban J connectivity index is 2.47. The standard InChI is InChI=1S/C11H18N2O2/c1-3-4-10(12)11(14)13(2)9-5-7-15-8-6-9/h1,9-10H,4-8,12H2,2H3. The van der Waals surface area contributed by atoms with Crippen LogP contribution >= 0.6 is 0 Å². The summed E-state index contributed by atoms with van der Waals surface area (Å²) in [5.74, 6) is 2.34. The largest absolute Gasteiger partial charge is 0.381 e. The highest BCUT2D eigenvalue weighted by Crippen LogP contribution is 2.13. The van der Waals surface area contributed by atoms with Gasteiger partial charge in [0.25, 0.3) is 0 Å². The number of carbonyl (C=O) groups excluding carboxylic acids is 1. The molecular formula is C11H18N2O2. The van der Waals surface area contributed by atoms with Gasteiger partial charge in [-0.2, -0.15) is 0 Å². The number of ether oxygens (including phenoxy) is 1. The van der Waals surface area contributed by atoms with Crippen LogP contribution in [0.2, 0.25) is 0 Å². The van der Waals surface area contributed by atoms with Crippen molar-refractivity contribution in [3.63, 3.8) is 0 Å². The number of nitrogens with two attached hydrogens (primary N) is 1. The number of nitrogens with zero attached hydrogens (tertiary/aromatic N) is 1. The Kier molecular flexibility index (Phi) is 4.60. The maximum Gasteiger partial charge on any atom is 0.240 e. The van der Waals surface area contributed by atoms with Gasteiger partial charge >= 0.3 is 0 Å². The first kappa shape index (κ1) is 12.0. The molecule has 0 spiro atoms. The first-order valence-corrected chi connectivity index (χ1v) is 5.20. The second kappa shape index (κ2) is 5.74. The van der Waals surface area contributed by atoms with Crippen LogP contribution in [0.5, 0.6) is 0 Å². The van der Waals surface area contributed by atoms with Crippen LogP contribution < -0.4 is 5.73 Å². The molecule has 84 valence electrons. The van der Waals surface area contributed by atoms with Crippen molar-refractivity contribution >= 4 is 5.91 Å². The zero-order valence-corrected chi connectivity index (χ0v) is 9.11. The predicted octanol–water partition coefficient (Wildman–Crippen LogP) is -0.0256. The molecule has 1 heterocycles. The molecule has 0 aromatic carbocycles. The highest BCUT2D eigenvalue weighted by molar-refractivity contribution is 5.82. The lowest BCUT2D eigenvalue weighted by atomic mass is 10.1. The quantitative estimate of drug-likeness (QED) is 0.666. The van der Waals surface area contributed by atoms with Crippen LogP contribution in [0.4, 0.5) is 0 Å². The topological polar surface area (TPSA) is 55.6 Å². The summed E-state index contributed by atoms with van der Waals surface area (Å²) >= 11 is 0. The minimum absolute atomic E-state index is 0.0696. The van der Waals surface area contributed by atoms with E-state index in [0.29, 0.717) is 19.6 Å². The molecule has 4 heteroatoms. The summed E-state index contributed by atoms with van der Waals surface area (Å²) in [5, 5.41) is 0. The fourth-order valence-electron chi connectivity index (χ4n) is 1.73. The Morgan fingerprint density at radius 2 is 2.27 bits per heavy atom. The minimum atomic E-state index is -0.567. The normalized spacial score (nSPS) is 19.3. The number of terminal acetylenes is 1. The first-order chi connectivity index (χ1) is 7.16. The van der Waals surface area contributed by atoms with Crippen LogP contribution in [-0.2, 0) is 9.53 Å². The molecule has 1 fully saturated rings. The molecule has 1 amide bonds. The van der Waals surface area contributed by atoms with E-state index in [4.69, 9.17) is 16.9 Å². The number of hydrogen-bond acceptors (Lipinski definition) is 3. The van der Waals surface area contributed by atoms with Crippen molar-refractivity contribution in [3.8, 4) is 12.3 Å². The van der Waals surface area contributed by atoms with E-state index in [9.17, 15) is 4.79 Å². The average Bonchev–Trinajstić information content (AvgIpc) is 2.28. The van der Waals surface area contributed by atoms with Crippen molar-refractivity contribution in [1.29, 1.82) is 0 Å². The molecule has 1 aliphatic rings. The minimum Gasteiger partial charge on any atom is -0.381 e. The van der Waals surface area contributed by atoms with Gasteiger partial charge in [0.1, 0.15) is 0 Å². The van der Waals surface area contributed by atoms with Crippen LogP contribution in [0.3, 0.4) is 0 Å². The number of carbonyl (C=O) groups is 1. The molecule has 2 N–H and O–H groups in total. The van der Waals surface area contributed by atoms with E-state index < -0.39 is 6.04 Å². The Morgan fingerprint density at radius 3 is 2.80 bits per heavy atom. The van der Waals surface area contributed by atoms with E-state index in [2.05, 4.69) is 5.92 Å². The zero-order chi connectivity index (χ0) is 11.3. The fourth-order valence-corrected chi connectivity index (χ4v) is 1.73. The second-order valence-corrected chi connectivity index (χ2v) is 3.81. The second-order valence-electron chi connectivity index (χ2n) is 3.81.